The molecule has 1 N–H and O–H groups in total. The minimum atomic E-state index is 0.196. The van der Waals surface area contributed by atoms with Gasteiger partial charge >= 0.3 is 0 Å². The van der Waals surface area contributed by atoms with E-state index in [1.54, 1.807) is 13.0 Å². The molecular formula is C13H14O. The van der Waals surface area contributed by atoms with Crippen molar-refractivity contribution in [3.8, 4) is 23.7 Å². The quantitative estimate of drug-likeness (QED) is 0.526. The van der Waals surface area contributed by atoms with Gasteiger partial charge in [-0.3, -0.25) is 0 Å². The second-order valence-corrected chi connectivity index (χ2v) is 2.33. The van der Waals surface area contributed by atoms with Crippen LogP contribution in [-0.4, -0.2) is 11.7 Å². The fraction of sp³-hybridized carbons (Fsp3) is 0.231. The monoisotopic (exact) mass is 186 g/mol. The fourth-order valence-corrected chi connectivity index (χ4v) is 0.622. The maximum Gasteiger partial charge on any atom is 0.0465 e. The first-order valence-corrected chi connectivity index (χ1v) is 4.43. The summed E-state index contributed by atoms with van der Waals surface area (Å²) < 4.78 is 0. The molecule has 1 heteroatoms. The molecule has 0 fully saturated rings. The van der Waals surface area contributed by atoms with Crippen LogP contribution in [0.15, 0.2) is 36.5 Å². The Morgan fingerprint density at radius 3 is 2.57 bits per heavy atom. The lowest BCUT2D eigenvalue weighted by Crippen LogP contribution is -1.73. The van der Waals surface area contributed by atoms with Crippen molar-refractivity contribution >= 4 is 0 Å². The highest BCUT2D eigenvalue weighted by Crippen LogP contribution is 1.83. The summed E-state index contributed by atoms with van der Waals surface area (Å²) in [6, 6.07) is 0. The molecular weight excluding hydrogens is 172 g/mol. The Balaban J connectivity index is 3.70. The summed E-state index contributed by atoms with van der Waals surface area (Å²) in [6.45, 7) is 1.95. The highest BCUT2D eigenvalue weighted by Gasteiger charge is 1.69. The Hall–Kier alpha value is -1.70. The van der Waals surface area contributed by atoms with Gasteiger partial charge in [0.2, 0.25) is 0 Å². The van der Waals surface area contributed by atoms with E-state index in [4.69, 9.17) is 5.11 Å². The number of allylic oxidation sites excluding steroid dienone is 5. The lowest BCUT2D eigenvalue weighted by atomic mass is 10.3. The summed E-state index contributed by atoms with van der Waals surface area (Å²) in [5.41, 5.74) is 0. The summed E-state index contributed by atoms with van der Waals surface area (Å²) in [6.07, 6.45) is 11.8. The third kappa shape index (κ3) is 10.3. The smallest absolute Gasteiger partial charge is 0.0465 e. The van der Waals surface area contributed by atoms with Crippen LogP contribution in [0.2, 0.25) is 0 Å². The molecule has 0 atom stereocenters. The second kappa shape index (κ2) is 11.3. The minimum Gasteiger partial charge on any atom is -0.396 e. The summed E-state index contributed by atoms with van der Waals surface area (Å²) in [4.78, 5) is 0. The Morgan fingerprint density at radius 1 is 1.07 bits per heavy atom. The van der Waals surface area contributed by atoms with Crippen molar-refractivity contribution in [2.24, 2.45) is 0 Å². The van der Waals surface area contributed by atoms with E-state index in [2.05, 4.69) is 23.7 Å². The van der Waals surface area contributed by atoms with E-state index in [1.807, 2.05) is 30.4 Å². The summed E-state index contributed by atoms with van der Waals surface area (Å²) in [5, 5.41) is 8.47. The molecule has 0 amide bonds. The van der Waals surface area contributed by atoms with Gasteiger partial charge in [0.15, 0.2) is 0 Å². The molecule has 14 heavy (non-hydrogen) atoms. The van der Waals surface area contributed by atoms with Crippen molar-refractivity contribution in [1.29, 1.82) is 0 Å². The molecule has 0 saturated heterocycles. The fourth-order valence-electron chi connectivity index (χ4n) is 0.622. The molecule has 0 aliphatic carbocycles. The zero-order valence-electron chi connectivity index (χ0n) is 8.33. The van der Waals surface area contributed by atoms with Gasteiger partial charge in [-0.25, -0.2) is 0 Å². The SMILES string of the molecule is CC#CC#C/C=C/C=C/C=C/CCO. The van der Waals surface area contributed by atoms with Crippen molar-refractivity contribution in [1.82, 2.24) is 0 Å². The maximum atomic E-state index is 8.47. The molecule has 0 rings (SSSR count). The zero-order chi connectivity index (χ0) is 10.5. The molecule has 0 aromatic carbocycles. The molecule has 0 aromatic rings. The Bertz CT molecular complexity index is 324. The molecule has 0 saturated carbocycles. The molecule has 0 unspecified atom stereocenters. The van der Waals surface area contributed by atoms with Crippen LogP contribution >= 0.6 is 0 Å². The first kappa shape index (κ1) is 12.3. The topological polar surface area (TPSA) is 20.2 Å². The van der Waals surface area contributed by atoms with Crippen LogP contribution in [0.3, 0.4) is 0 Å². The van der Waals surface area contributed by atoms with Crippen molar-refractivity contribution in [2.75, 3.05) is 6.61 Å². The van der Waals surface area contributed by atoms with Crippen LogP contribution in [0.4, 0.5) is 0 Å². The van der Waals surface area contributed by atoms with E-state index in [9.17, 15) is 0 Å². The van der Waals surface area contributed by atoms with Gasteiger partial charge in [0.25, 0.3) is 0 Å². The Labute approximate surface area is 85.8 Å². The highest BCUT2D eigenvalue weighted by atomic mass is 16.2. The van der Waals surface area contributed by atoms with E-state index >= 15 is 0 Å². The normalized spacial score (nSPS) is 10.1. The van der Waals surface area contributed by atoms with Crippen LogP contribution in [0, 0.1) is 23.7 Å². The molecule has 0 aliphatic heterocycles. The number of aliphatic hydroxyl groups excluding tert-OH is 1. The van der Waals surface area contributed by atoms with Gasteiger partial charge in [-0.05, 0) is 31.3 Å². The first-order valence-electron chi connectivity index (χ1n) is 4.43. The third-order valence-electron chi connectivity index (χ3n) is 1.20. The van der Waals surface area contributed by atoms with Crippen LogP contribution in [0.25, 0.3) is 0 Å². The average molecular weight is 186 g/mol. The molecule has 0 bridgehead atoms. The van der Waals surface area contributed by atoms with Gasteiger partial charge in [-0.2, -0.15) is 0 Å². The molecule has 72 valence electrons. The zero-order valence-corrected chi connectivity index (χ0v) is 8.33. The van der Waals surface area contributed by atoms with E-state index in [0.29, 0.717) is 6.42 Å². The number of hydrogen-bond acceptors (Lipinski definition) is 1. The van der Waals surface area contributed by atoms with E-state index in [-0.39, 0.29) is 6.61 Å². The van der Waals surface area contributed by atoms with Gasteiger partial charge in [-0.1, -0.05) is 42.2 Å². The molecule has 0 aliphatic rings. The van der Waals surface area contributed by atoms with Crippen LogP contribution in [-0.2, 0) is 0 Å². The molecule has 1 nitrogen and oxygen atoms in total. The van der Waals surface area contributed by atoms with Crippen LogP contribution in [0.5, 0.6) is 0 Å². The van der Waals surface area contributed by atoms with E-state index < -0.39 is 0 Å². The standard InChI is InChI=1S/C13H14O/c1-2-3-4-5-6-7-8-9-10-11-12-13-14/h6-11,14H,12-13H2,1H3/b7-6+,9-8+,11-10+. The molecule has 0 radical (unpaired) electrons. The van der Waals surface area contributed by atoms with E-state index in [1.165, 1.54) is 0 Å². The highest BCUT2D eigenvalue weighted by molar-refractivity contribution is 5.31. The number of aliphatic hydroxyl groups is 1. The molecule has 0 aromatic heterocycles. The van der Waals surface area contributed by atoms with Gasteiger partial charge < -0.3 is 5.11 Å². The van der Waals surface area contributed by atoms with Crippen LogP contribution < -0.4 is 0 Å². The number of rotatable bonds is 4. The average Bonchev–Trinajstić information content (AvgIpc) is 2.21. The lowest BCUT2D eigenvalue weighted by molar-refractivity contribution is 0.302. The van der Waals surface area contributed by atoms with Gasteiger partial charge in [0, 0.05) is 6.61 Å². The van der Waals surface area contributed by atoms with Crippen molar-refractivity contribution in [3.05, 3.63) is 36.5 Å². The van der Waals surface area contributed by atoms with Gasteiger partial charge in [0.1, 0.15) is 0 Å². The summed E-state index contributed by atoms with van der Waals surface area (Å²) in [7, 11) is 0. The van der Waals surface area contributed by atoms with Crippen molar-refractivity contribution in [3.63, 3.8) is 0 Å². The van der Waals surface area contributed by atoms with E-state index in [0.717, 1.165) is 0 Å². The predicted molar refractivity (Wildman–Crippen MR) is 60.3 cm³/mol. The molecule has 0 spiro atoms. The minimum absolute atomic E-state index is 0.196. The predicted octanol–water partition coefficient (Wildman–Crippen LogP) is 2.06. The van der Waals surface area contributed by atoms with Crippen molar-refractivity contribution < 1.29 is 5.11 Å². The Kier molecular flexibility index (Phi) is 9.93. The van der Waals surface area contributed by atoms with Gasteiger partial charge in [-0.15, -0.1) is 0 Å². The van der Waals surface area contributed by atoms with Gasteiger partial charge in [0.05, 0.1) is 0 Å². The maximum absolute atomic E-state index is 8.47. The molecule has 0 heterocycles. The first-order chi connectivity index (χ1) is 6.91. The summed E-state index contributed by atoms with van der Waals surface area (Å²) >= 11 is 0. The lowest BCUT2D eigenvalue weighted by Gasteiger charge is -1.79. The Morgan fingerprint density at radius 2 is 1.86 bits per heavy atom. The second-order valence-electron chi connectivity index (χ2n) is 2.33. The summed E-state index contributed by atoms with van der Waals surface area (Å²) in [5.74, 6) is 10.8. The largest absolute Gasteiger partial charge is 0.396 e. The van der Waals surface area contributed by atoms with Crippen LogP contribution in [0.1, 0.15) is 13.3 Å². The van der Waals surface area contributed by atoms with Crippen molar-refractivity contribution in [2.45, 2.75) is 13.3 Å². The number of hydrogen-bond donors (Lipinski definition) is 1. The third-order valence-corrected chi connectivity index (χ3v) is 1.20.